The summed E-state index contributed by atoms with van der Waals surface area (Å²) in [7, 11) is 0. The van der Waals surface area contributed by atoms with Crippen LogP contribution in [0.15, 0.2) is 30.3 Å². The van der Waals surface area contributed by atoms with Gasteiger partial charge in [0.25, 0.3) is 0 Å². The van der Waals surface area contributed by atoms with Crippen LogP contribution in [0.2, 0.25) is 0 Å². The maximum Gasteiger partial charge on any atom is 0.408 e. The fourth-order valence-electron chi connectivity index (χ4n) is 4.42. The first-order valence-electron chi connectivity index (χ1n) is 12.9. The molecule has 1 aliphatic rings. The maximum atomic E-state index is 13.1. The zero-order valence-corrected chi connectivity index (χ0v) is 22.0. The summed E-state index contributed by atoms with van der Waals surface area (Å²) in [5, 5.41) is 27.9. The monoisotopic (exact) mass is 505 g/mol. The minimum absolute atomic E-state index is 0.216. The van der Waals surface area contributed by atoms with E-state index in [0.29, 0.717) is 12.3 Å². The SMILES string of the molecule is C[C@H](NC(=O)[C@H](Cc1ccccc1)NC(=O)OC(C)(C)C)C(=O)N[C@@H](CC1CCCCC1)[C@@H](O)CO. The standard InChI is InChI=1S/C27H43N3O6/c1-18(24(33)29-21(23(32)17-31)15-19-11-7-5-8-12-19)28-25(34)22(16-20-13-9-6-10-14-20)30-26(35)36-27(2,3)4/h6,9-10,13-14,18-19,21-23,31-32H,5,7-8,11-12,15-17H2,1-4H3,(H,28,34)(H,29,33)(H,30,35)/t18-,21-,22-,23-/m0/s1. The molecule has 1 aromatic rings. The molecule has 0 saturated heterocycles. The molecular formula is C27H43N3O6. The average Bonchev–Trinajstić information content (AvgIpc) is 2.82. The van der Waals surface area contributed by atoms with E-state index >= 15 is 0 Å². The van der Waals surface area contributed by atoms with Crippen molar-refractivity contribution in [3.63, 3.8) is 0 Å². The van der Waals surface area contributed by atoms with Crippen molar-refractivity contribution in [2.24, 2.45) is 5.92 Å². The van der Waals surface area contributed by atoms with E-state index in [2.05, 4.69) is 16.0 Å². The quantitative estimate of drug-likeness (QED) is 0.313. The Bertz CT molecular complexity index is 836. The molecule has 0 unspecified atom stereocenters. The number of benzene rings is 1. The number of hydrogen-bond acceptors (Lipinski definition) is 6. The van der Waals surface area contributed by atoms with Gasteiger partial charge in [-0.25, -0.2) is 4.79 Å². The topological polar surface area (TPSA) is 137 Å². The molecule has 9 heteroatoms. The highest BCUT2D eigenvalue weighted by Gasteiger charge is 2.30. The molecule has 5 N–H and O–H groups in total. The van der Waals surface area contributed by atoms with Crippen LogP contribution in [0.3, 0.4) is 0 Å². The highest BCUT2D eigenvalue weighted by Crippen LogP contribution is 2.28. The van der Waals surface area contributed by atoms with E-state index in [1.165, 1.54) is 6.42 Å². The third-order valence-electron chi connectivity index (χ3n) is 6.33. The number of nitrogens with one attached hydrogen (secondary N) is 3. The number of rotatable bonds is 11. The lowest BCUT2D eigenvalue weighted by Crippen LogP contribution is -2.56. The van der Waals surface area contributed by atoms with Gasteiger partial charge in [-0.2, -0.15) is 0 Å². The largest absolute Gasteiger partial charge is 0.444 e. The second kappa shape index (κ2) is 14.2. The van der Waals surface area contributed by atoms with Crippen LogP contribution in [0.5, 0.6) is 0 Å². The van der Waals surface area contributed by atoms with Gasteiger partial charge in [0.15, 0.2) is 0 Å². The third kappa shape index (κ3) is 10.5. The van der Waals surface area contributed by atoms with Gasteiger partial charge in [-0.3, -0.25) is 9.59 Å². The van der Waals surface area contributed by atoms with Crippen molar-refractivity contribution in [2.75, 3.05) is 6.61 Å². The van der Waals surface area contributed by atoms with Gasteiger partial charge < -0.3 is 30.9 Å². The zero-order chi connectivity index (χ0) is 26.7. The number of carbonyl (C=O) groups is 3. The lowest BCUT2D eigenvalue weighted by atomic mass is 9.83. The Kier molecular flexibility index (Phi) is 11.7. The zero-order valence-electron chi connectivity index (χ0n) is 22.0. The van der Waals surface area contributed by atoms with Gasteiger partial charge in [0.2, 0.25) is 11.8 Å². The number of alkyl carbamates (subject to hydrolysis) is 1. The van der Waals surface area contributed by atoms with E-state index in [1.54, 1.807) is 27.7 Å². The minimum Gasteiger partial charge on any atom is -0.444 e. The highest BCUT2D eigenvalue weighted by molar-refractivity contribution is 5.91. The van der Waals surface area contributed by atoms with E-state index in [0.717, 1.165) is 31.2 Å². The van der Waals surface area contributed by atoms with Crippen molar-refractivity contribution in [3.8, 4) is 0 Å². The normalized spacial score (nSPS) is 17.8. The van der Waals surface area contributed by atoms with Crippen LogP contribution in [-0.2, 0) is 20.7 Å². The van der Waals surface area contributed by atoms with E-state index in [9.17, 15) is 24.6 Å². The van der Waals surface area contributed by atoms with Crippen molar-refractivity contribution in [1.82, 2.24) is 16.0 Å². The predicted molar refractivity (Wildman–Crippen MR) is 137 cm³/mol. The van der Waals surface area contributed by atoms with Gasteiger partial charge in [-0.05, 0) is 45.6 Å². The van der Waals surface area contributed by atoms with Crippen LogP contribution < -0.4 is 16.0 Å². The van der Waals surface area contributed by atoms with Crippen molar-refractivity contribution in [2.45, 2.75) is 102 Å². The Balaban J connectivity index is 2.03. The molecule has 0 spiro atoms. The summed E-state index contributed by atoms with van der Waals surface area (Å²) in [6.45, 7) is 6.28. The molecule has 202 valence electrons. The number of aliphatic hydroxyl groups excluding tert-OH is 2. The van der Waals surface area contributed by atoms with Crippen LogP contribution >= 0.6 is 0 Å². The molecule has 2 rings (SSSR count). The number of amides is 3. The third-order valence-corrected chi connectivity index (χ3v) is 6.33. The van der Waals surface area contributed by atoms with Gasteiger partial charge >= 0.3 is 6.09 Å². The summed E-state index contributed by atoms with van der Waals surface area (Å²) in [6, 6.07) is 6.74. The molecule has 1 fully saturated rings. The molecule has 9 nitrogen and oxygen atoms in total. The van der Waals surface area contributed by atoms with Gasteiger partial charge in [0.1, 0.15) is 17.7 Å². The smallest absolute Gasteiger partial charge is 0.408 e. The predicted octanol–water partition coefficient (Wildman–Crippen LogP) is 2.44. The van der Waals surface area contributed by atoms with Crippen LogP contribution in [-0.4, -0.2) is 64.6 Å². The first-order valence-corrected chi connectivity index (χ1v) is 12.9. The summed E-state index contributed by atoms with van der Waals surface area (Å²) < 4.78 is 5.31. The minimum atomic E-state index is -1.08. The van der Waals surface area contributed by atoms with E-state index < -0.39 is 54.3 Å². The van der Waals surface area contributed by atoms with Gasteiger partial charge in [0.05, 0.1) is 18.8 Å². The van der Waals surface area contributed by atoms with Crippen molar-refractivity contribution in [3.05, 3.63) is 35.9 Å². The Morgan fingerprint density at radius 1 is 1.00 bits per heavy atom. The Labute approximate surface area is 214 Å². The summed E-state index contributed by atoms with van der Waals surface area (Å²) >= 11 is 0. The van der Waals surface area contributed by atoms with Crippen molar-refractivity contribution in [1.29, 1.82) is 0 Å². The van der Waals surface area contributed by atoms with Crippen LogP contribution in [0.1, 0.15) is 71.8 Å². The first-order chi connectivity index (χ1) is 17.0. The molecular weight excluding hydrogens is 462 g/mol. The lowest BCUT2D eigenvalue weighted by Gasteiger charge is -2.30. The fourth-order valence-corrected chi connectivity index (χ4v) is 4.42. The Morgan fingerprint density at radius 2 is 1.64 bits per heavy atom. The molecule has 1 aromatic carbocycles. The maximum absolute atomic E-state index is 13.1. The van der Waals surface area contributed by atoms with Crippen LogP contribution in [0.25, 0.3) is 0 Å². The van der Waals surface area contributed by atoms with E-state index in [4.69, 9.17) is 4.74 Å². The highest BCUT2D eigenvalue weighted by atomic mass is 16.6. The number of carbonyl (C=O) groups excluding carboxylic acids is 3. The molecule has 3 amide bonds. The molecule has 36 heavy (non-hydrogen) atoms. The Morgan fingerprint density at radius 3 is 2.22 bits per heavy atom. The van der Waals surface area contributed by atoms with Gasteiger partial charge in [-0.15, -0.1) is 0 Å². The number of aliphatic hydroxyl groups is 2. The number of ether oxygens (including phenoxy) is 1. The van der Waals surface area contributed by atoms with Crippen LogP contribution in [0, 0.1) is 5.92 Å². The molecule has 0 aromatic heterocycles. The molecule has 0 aliphatic heterocycles. The van der Waals surface area contributed by atoms with Crippen molar-refractivity contribution < 1.29 is 29.3 Å². The van der Waals surface area contributed by atoms with Crippen molar-refractivity contribution >= 4 is 17.9 Å². The first kappa shape index (κ1) is 29.6. The summed E-state index contributed by atoms with van der Waals surface area (Å²) in [4.78, 5) is 38.4. The second-order valence-corrected chi connectivity index (χ2v) is 10.7. The molecule has 1 saturated carbocycles. The molecule has 4 atom stereocenters. The molecule has 0 radical (unpaired) electrons. The average molecular weight is 506 g/mol. The molecule has 0 bridgehead atoms. The summed E-state index contributed by atoms with van der Waals surface area (Å²) in [5.74, 6) is -0.616. The van der Waals surface area contributed by atoms with Gasteiger partial charge in [-0.1, -0.05) is 62.4 Å². The Hall–Kier alpha value is -2.65. The molecule has 1 aliphatic carbocycles. The summed E-state index contributed by atoms with van der Waals surface area (Å²) in [5.41, 5.74) is 0.107. The fraction of sp³-hybridized carbons (Fsp3) is 0.667. The lowest BCUT2D eigenvalue weighted by molar-refractivity contribution is -0.130. The van der Waals surface area contributed by atoms with Crippen LogP contribution in [0.4, 0.5) is 4.79 Å². The summed E-state index contributed by atoms with van der Waals surface area (Å²) in [6.07, 6.45) is 4.50. The second-order valence-electron chi connectivity index (χ2n) is 10.7. The van der Waals surface area contributed by atoms with E-state index in [-0.39, 0.29) is 6.42 Å². The van der Waals surface area contributed by atoms with E-state index in [1.807, 2.05) is 30.3 Å². The molecule has 0 heterocycles. The number of hydrogen-bond donors (Lipinski definition) is 5. The van der Waals surface area contributed by atoms with Gasteiger partial charge in [0, 0.05) is 6.42 Å².